The van der Waals surface area contributed by atoms with Gasteiger partial charge in [-0.2, -0.15) is 11.1 Å². The molecular weight excluding hydrogens is 540 g/mol. The first-order valence-electron chi connectivity index (χ1n) is 10.0. The Morgan fingerprint density at radius 2 is 1.53 bits per heavy atom. The molecule has 1 atom stereocenters. The molecule has 170 valence electrons. The van der Waals surface area contributed by atoms with Gasteiger partial charge in [0, 0.05) is 0 Å². The number of rotatable bonds is 1. The van der Waals surface area contributed by atoms with Crippen molar-refractivity contribution in [2.75, 3.05) is 0 Å². The quantitative estimate of drug-likeness (QED) is 0.312. The van der Waals surface area contributed by atoms with E-state index in [2.05, 4.69) is 46.9 Å². The van der Waals surface area contributed by atoms with Crippen molar-refractivity contribution in [2.24, 2.45) is 5.92 Å². The molecule has 0 heterocycles. The fourth-order valence-corrected chi connectivity index (χ4v) is 3.26. The van der Waals surface area contributed by atoms with Crippen LogP contribution in [-0.2, 0) is 23.3 Å². The molecule has 0 radical (unpaired) electrons. The van der Waals surface area contributed by atoms with Crippen molar-refractivity contribution in [3.8, 4) is 11.1 Å². The van der Waals surface area contributed by atoms with E-state index in [0.29, 0.717) is 11.5 Å². The second-order valence-electron chi connectivity index (χ2n) is 7.73. The van der Waals surface area contributed by atoms with Crippen molar-refractivity contribution in [3.63, 3.8) is 0 Å². The zero-order valence-electron chi connectivity index (χ0n) is 19.3. The summed E-state index contributed by atoms with van der Waals surface area (Å²) in [4.78, 5) is 0. The van der Waals surface area contributed by atoms with Crippen LogP contribution in [0.25, 0.3) is 21.9 Å². The van der Waals surface area contributed by atoms with Crippen molar-refractivity contribution >= 4 is 16.2 Å². The minimum Gasteiger partial charge on any atom is -1.00 e. The fraction of sp³-hybridized carbons (Fsp3) is 0.269. The number of hydrogen-bond acceptors (Lipinski definition) is 0. The van der Waals surface area contributed by atoms with Crippen LogP contribution in [0, 0.1) is 23.6 Å². The van der Waals surface area contributed by atoms with Crippen LogP contribution in [0.15, 0.2) is 71.3 Å². The Kier molecular flexibility index (Phi) is 13.9. The van der Waals surface area contributed by atoms with Crippen molar-refractivity contribution < 1.29 is 56.9 Å². The Hall–Kier alpha value is -0.930. The Morgan fingerprint density at radius 1 is 0.938 bits per heavy atom. The molecule has 1 aliphatic rings. The van der Waals surface area contributed by atoms with Crippen molar-refractivity contribution in [1.82, 2.24) is 0 Å². The van der Waals surface area contributed by atoms with E-state index >= 15 is 0 Å². The molecule has 0 amide bonds. The molecule has 4 rings (SSSR count). The summed E-state index contributed by atoms with van der Waals surface area (Å²) in [5.41, 5.74) is 5.50. The first kappa shape index (κ1) is 31.1. The molecule has 6 heteroatoms. The Balaban J connectivity index is 0.000000547. The van der Waals surface area contributed by atoms with Gasteiger partial charge in [-0.1, -0.05) is 44.9 Å². The van der Waals surface area contributed by atoms with E-state index in [1.807, 2.05) is 36.4 Å². The van der Waals surface area contributed by atoms with E-state index in [-0.39, 0.29) is 30.2 Å². The summed E-state index contributed by atoms with van der Waals surface area (Å²) in [6.45, 7) is 13.3. The predicted molar refractivity (Wildman–Crippen MR) is 122 cm³/mol. The standard InChI is InChI=1S/C15H9F2.C9H13.C2H6Si.2ClH.Zr/c16-14-7-3-6-13(15(14)17)12-9-8-10-4-1-2-5-11(10)12;1-6-5-7(2)9(4)8(6)3;1-3-2;;;/h1-9H;6H,1-4H3;1-2H3;2*1H;/q2*-1;;;;+2/p-2. The maximum atomic E-state index is 13.7. The molecule has 0 fully saturated rings. The second kappa shape index (κ2) is 14.4. The van der Waals surface area contributed by atoms with Gasteiger partial charge in [0.2, 0.25) is 0 Å². The van der Waals surface area contributed by atoms with Crippen LogP contribution in [0.3, 0.4) is 0 Å². The largest absolute Gasteiger partial charge is 1.00 e. The number of benzene rings is 2. The Bertz CT molecular complexity index is 1110. The monoisotopic (exact) mass is 566 g/mol. The summed E-state index contributed by atoms with van der Waals surface area (Å²) in [6, 6.07) is 15.7. The summed E-state index contributed by atoms with van der Waals surface area (Å²) < 4.78 is 26.9. The third kappa shape index (κ3) is 8.13. The maximum Gasteiger partial charge on any atom is 0.158 e. The normalized spacial score (nSPS) is 14.3. The average Bonchev–Trinajstić information content (AvgIpc) is 3.21. The smallest absolute Gasteiger partial charge is 0.158 e. The van der Waals surface area contributed by atoms with Crippen molar-refractivity contribution in [2.45, 2.75) is 40.8 Å². The van der Waals surface area contributed by atoms with Crippen LogP contribution in [0.2, 0.25) is 13.1 Å². The SMILES string of the molecule is CC1=[C-]C(C)C(C)=C1C.C[Si](C)=[Zr+2].Fc1cccc(-c2c[cH-]c3ccccc23)c1F.[Cl-].[Cl-]. The summed E-state index contributed by atoms with van der Waals surface area (Å²) in [6.07, 6.45) is 3.36. The van der Waals surface area contributed by atoms with Crippen LogP contribution in [0.5, 0.6) is 0 Å². The van der Waals surface area contributed by atoms with Gasteiger partial charge < -0.3 is 24.8 Å². The number of allylic oxidation sites excluding steroid dienone is 4. The first-order valence-corrected chi connectivity index (χ1v) is 16.2. The van der Waals surface area contributed by atoms with Gasteiger partial charge in [0.25, 0.3) is 0 Å². The summed E-state index contributed by atoms with van der Waals surface area (Å²) >= 11 is 1.74. The number of halogens is 4. The molecule has 0 spiro atoms. The van der Waals surface area contributed by atoms with Gasteiger partial charge in [-0.25, -0.2) is 14.4 Å². The van der Waals surface area contributed by atoms with E-state index < -0.39 is 11.6 Å². The van der Waals surface area contributed by atoms with E-state index in [1.54, 1.807) is 29.4 Å². The molecule has 1 aliphatic carbocycles. The van der Waals surface area contributed by atoms with Crippen LogP contribution in [0.1, 0.15) is 27.7 Å². The zero-order chi connectivity index (χ0) is 22.4. The zero-order valence-corrected chi connectivity index (χ0v) is 24.3. The third-order valence-electron chi connectivity index (χ3n) is 5.16. The van der Waals surface area contributed by atoms with E-state index in [0.717, 1.165) is 22.4 Å². The van der Waals surface area contributed by atoms with Gasteiger partial charge in [-0.05, 0) is 11.6 Å². The van der Waals surface area contributed by atoms with Gasteiger partial charge in [0.1, 0.15) is 0 Å². The summed E-state index contributed by atoms with van der Waals surface area (Å²) in [5, 5.41) is 1.98. The molecule has 1 unspecified atom stereocenters. The molecule has 0 aromatic heterocycles. The molecule has 0 nitrogen and oxygen atoms in total. The maximum absolute atomic E-state index is 13.7. The van der Waals surface area contributed by atoms with Crippen LogP contribution >= 0.6 is 0 Å². The number of hydrogen-bond donors (Lipinski definition) is 0. The van der Waals surface area contributed by atoms with Crippen LogP contribution < -0.4 is 24.8 Å². The molecule has 0 bridgehead atoms. The van der Waals surface area contributed by atoms with Gasteiger partial charge in [-0.15, -0.1) is 53.6 Å². The van der Waals surface area contributed by atoms with E-state index in [4.69, 9.17) is 0 Å². The van der Waals surface area contributed by atoms with Gasteiger partial charge in [0.15, 0.2) is 11.6 Å². The average molecular weight is 569 g/mol. The molecule has 3 aromatic carbocycles. The van der Waals surface area contributed by atoms with Gasteiger partial charge in [-0.3, -0.25) is 6.08 Å². The predicted octanol–water partition coefficient (Wildman–Crippen LogP) is 2.02. The van der Waals surface area contributed by atoms with Crippen LogP contribution in [0.4, 0.5) is 8.78 Å². The van der Waals surface area contributed by atoms with Gasteiger partial charge >= 0.3 is 41.9 Å². The first-order chi connectivity index (χ1) is 14.1. The number of fused-ring (bicyclic) bond motifs is 1. The summed E-state index contributed by atoms with van der Waals surface area (Å²) in [5.74, 6) is -1.04. The molecule has 0 saturated heterocycles. The van der Waals surface area contributed by atoms with Crippen LogP contribution in [-0.4, -0.2) is 5.43 Å². The second-order valence-corrected chi connectivity index (χ2v) is 17.1. The molecule has 0 saturated carbocycles. The molecular formula is C26H28Cl2F2SiZr-2. The molecule has 32 heavy (non-hydrogen) atoms. The minimum absolute atomic E-state index is 0. The molecule has 0 aliphatic heterocycles. The van der Waals surface area contributed by atoms with Crippen molar-refractivity contribution in [1.29, 1.82) is 0 Å². The summed E-state index contributed by atoms with van der Waals surface area (Å²) in [7, 11) is 0. The third-order valence-corrected chi connectivity index (χ3v) is 5.16. The molecule has 0 N–H and O–H groups in total. The Morgan fingerprint density at radius 3 is 2.03 bits per heavy atom. The fourth-order valence-electron chi connectivity index (χ4n) is 3.26. The van der Waals surface area contributed by atoms with E-state index in [1.165, 1.54) is 22.8 Å². The topological polar surface area (TPSA) is 0 Å². The minimum atomic E-state index is -0.812. The molecule has 3 aromatic rings. The van der Waals surface area contributed by atoms with Gasteiger partial charge in [0.05, 0.1) is 0 Å². The van der Waals surface area contributed by atoms with E-state index in [9.17, 15) is 8.78 Å². The van der Waals surface area contributed by atoms with Crippen molar-refractivity contribution in [3.05, 3.63) is 89.0 Å². The Labute approximate surface area is 218 Å².